The fourth-order valence-corrected chi connectivity index (χ4v) is 1.43. The molecule has 0 aliphatic carbocycles. The number of H-pyrrole nitrogens is 1. The molecule has 1 aromatic heterocycles. The molecule has 0 amide bonds. The van der Waals surface area contributed by atoms with Gasteiger partial charge in [-0.3, -0.25) is 0 Å². The summed E-state index contributed by atoms with van der Waals surface area (Å²) in [6.07, 6.45) is 1.63. The van der Waals surface area contributed by atoms with Crippen molar-refractivity contribution in [3.05, 3.63) is 42.6 Å². The van der Waals surface area contributed by atoms with E-state index in [4.69, 9.17) is 0 Å². The second-order valence-electron chi connectivity index (χ2n) is 3.01. The molecule has 0 saturated heterocycles. The van der Waals surface area contributed by atoms with Crippen molar-refractivity contribution in [3.63, 3.8) is 0 Å². The normalized spacial score (nSPS) is 9.60. The summed E-state index contributed by atoms with van der Waals surface area (Å²) in [4.78, 5) is 13.6. The van der Waals surface area contributed by atoms with Gasteiger partial charge in [-0.25, -0.2) is 0 Å². The minimum Gasteiger partial charge on any atom is -0.545 e. The third kappa shape index (κ3) is 2.41. The number of carboxylic acid groups (broad SMARTS) is 1. The molecule has 2 rings (SSSR count). The Kier molecular flexibility index (Phi) is 4.30. The van der Waals surface area contributed by atoms with Crippen LogP contribution < -0.4 is 56.5 Å². The summed E-state index contributed by atoms with van der Waals surface area (Å²) in [7, 11) is 0. The van der Waals surface area contributed by atoms with E-state index in [2.05, 4.69) is 11.6 Å². The van der Waals surface area contributed by atoms with Gasteiger partial charge in [-0.15, -0.1) is 0 Å². The largest absolute Gasteiger partial charge is 1.00 e. The number of aromatic amines is 1. The number of benzene rings is 1. The number of carboxylic acids is 1. The molecule has 0 aliphatic heterocycles. The fraction of sp³-hybridized carbons (Fsp3) is 0. The third-order valence-electron chi connectivity index (χ3n) is 2.16. The van der Waals surface area contributed by atoms with E-state index in [1.807, 2.05) is 24.3 Å². The molecule has 2 aromatic rings. The number of hydrogen-bond donors (Lipinski definition) is 1. The van der Waals surface area contributed by atoms with Gasteiger partial charge < -0.3 is 14.9 Å². The molecule has 1 heterocycles. The smallest absolute Gasteiger partial charge is 0.545 e. The predicted octanol–water partition coefficient (Wildman–Crippen LogP) is -2.06. The first kappa shape index (κ1) is 12.7. The van der Waals surface area contributed by atoms with Crippen LogP contribution in [0.4, 0.5) is 0 Å². The summed E-state index contributed by atoms with van der Waals surface area (Å²) in [5, 5.41) is 11.5. The van der Waals surface area contributed by atoms with Crippen LogP contribution in [0.1, 0.15) is 5.56 Å². The van der Waals surface area contributed by atoms with Gasteiger partial charge in [-0.05, 0) is 11.6 Å². The van der Waals surface area contributed by atoms with Gasteiger partial charge >= 0.3 is 51.4 Å². The van der Waals surface area contributed by atoms with Crippen LogP contribution in [0.3, 0.4) is 0 Å². The second-order valence-corrected chi connectivity index (χ2v) is 3.01. The Morgan fingerprint density at radius 2 is 2.00 bits per heavy atom. The molecule has 0 bridgehead atoms. The van der Waals surface area contributed by atoms with Crippen LogP contribution in [0.15, 0.2) is 37.0 Å². The number of hydrogen-bond acceptors (Lipinski definition) is 2. The number of carbonyl (C=O) groups is 1. The van der Waals surface area contributed by atoms with Gasteiger partial charge in [0, 0.05) is 22.7 Å². The topological polar surface area (TPSA) is 55.9 Å². The van der Waals surface area contributed by atoms with Gasteiger partial charge in [0.05, 0.1) is 5.97 Å². The molecule has 0 aliphatic rings. The monoisotopic (exact) mass is 225 g/mol. The Morgan fingerprint density at radius 1 is 1.33 bits per heavy atom. The van der Waals surface area contributed by atoms with Crippen LogP contribution in [-0.2, 0) is 4.79 Å². The van der Waals surface area contributed by atoms with Crippen molar-refractivity contribution in [1.29, 1.82) is 0 Å². The molecule has 0 radical (unpaired) electrons. The van der Waals surface area contributed by atoms with Crippen molar-refractivity contribution in [2.45, 2.75) is 0 Å². The van der Waals surface area contributed by atoms with Crippen molar-refractivity contribution in [3.8, 4) is 0 Å². The Morgan fingerprint density at radius 3 is 2.67 bits per heavy atom. The van der Waals surface area contributed by atoms with E-state index >= 15 is 0 Å². The molecular formula is C11H8KNO2. The number of rotatable bonds is 2. The van der Waals surface area contributed by atoms with E-state index in [0.717, 1.165) is 10.9 Å². The van der Waals surface area contributed by atoms with Crippen LogP contribution in [-0.4, -0.2) is 11.0 Å². The summed E-state index contributed by atoms with van der Waals surface area (Å²) >= 11 is 0. The van der Waals surface area contributed by atoms with E-state index < -0.39 is 5.97 Å². The van der Waals surface area contributed by atoms with Gasteiger partial charge in [0.15, 0.2) is 0 Å². The Bertz CT molecular complexity index is 516. The summed E-state index contributed by atoms with van der Waals surface area (Å²) < 4.78 is 0. The molecule has 0 spiro atoms. The van der Waals surface area contributed by atoms with Crippen LogP contribution in [0.25, 0.3) is 16.5 Å². The molecule has 1 N–H and O–H groups in total. The first-order chi connectivity index (χ1) is 6.70. The summed E-state index contributed by atoms with van der Waals surface area (Å²) in [5.41, 5.74) is 1.48. The van der Waals surface area contributed by atoms with Gasteiger partial charge in [0.25, 0.3) is 0 Å². The van der Waals surface area contributed by atoms with Gasteiger partial charge in [0.2, 0.25) is 0 Å². The van der Waals surface area contributed by atoms with E-state index in [1.165, 1.54) is 0 Å². The first-order valence-electron chi connectivity index (χ1n) is 4.17. The number of aromatic nitrogens is 1. The zero-order valence-corrected chi connectivity index (χ0v) is 11.5. The number of nitrogens with one attached hydrogen (secondary N) is 1. The van der Waals surface area contributed by atoms with Crippen molar-refractivity contribution in [2.75, 3.05) is 0 Å². The standard InChI is InChI=1S/C11H9NO2.K/c1-7(11(13)14)9-6-12-10-5-3-2-4-8(9)10;/h2-6,12H,1H2,(H,13,14);/q;+1/p-1. The van der Waals surface area contributed by atoms with Crippen molar-refractivity contribution in [2.24, 2.45) is 0 Å². The van der Waals surface area contributed by atoms with Crippen LogP contribution in [0.2, 0.25) is 0 Å². The molecule has 4 heteroatoms. The number of aliphatic carboxylic acids is 1. The predicted molar refractivity (Wildman–Crippen MR) is 52.3 cm³/mol. The molecule has 0 atom stereocenters. The Balaban J connectivity index is 0.00000112. The van der Waals surface area contributed by atoms with E-state index in [9.17, 15) is 9.90 Å². The number of para-hydroxylation sites is 1. The Labute approximate surface area is 130 Å². The van der Waals surface area contributed by atoms with Gasteiger partial charge in [0.1, 0.15) is 0 Å². The average molecular weight is 225 g/mol. The van der Waals surface area contributed by atoms with Crippen LogP contribution in [0, 0.1) is 0 Å². The van der Waals surface area contributed by atoms with Crippen LogP contribution in [0.5, 0.6) is 0 Å². The van der Waals surface area contributed by atoms with E-state index in [0.29, 0.717) is 5.56 Å². The van der Waals surface area contributed by atoms with Crippen molar-refractivity contribution in [1.82, 2.24) is 4.98 Å². The summed E-state index contributed by atoms with van der Waals surface area (Å²) in [5.74, 6) is -1.24. The maximum Gasteiger partial charge on any atom is 1.00 e. The van der Waals surface area contributed by atoms with Crippen molar-refractivity contribution >= 4 is 22.4 Å². The number of carbonyl (C=O) groups excluding carboxylic acids is 1. The zero-order valence-electron chi connectivity index (χ0n) is 8.41. The quantitative estimate of drug-likeness (QED) is 0.472. The van der Waals surface area contributed by atoms with Gasteiger partial charge in [-0.2, -0.15) is 0 Å². The summed E-state index contributed by atoms with van der Waals surface area (Å²) in [6, 6.07) is 7.45. The van der Waals surface area contributed by atoms with Crippen LogP contribution >= 0.6 is 0 Å². The zero-order chi connectivity index (χ0) is 10.1. The fourth-order valence-electron chi connectivity index (χ4n) is 1.43. The first-order valence-corrected chi connectivity index (χ1v) is 4.17. The molecule has 1 aromatic carbocycles. The minimum atomic E-state index is -1.24. The number of fused-ring (bicyclic) bond motifs is 1. The SMILES string of the molecule is C=C(C(=O)[O-])c1c[nH]c2ccccc12.[K+]. The third-order valence-corrected chi connectivity index (χ3v) is 2.16. The molecule has 0 unspecified atom stereocenters. The minimum absolute atomic E-state index is 0. The average Bonchev–Trinajstić information content (AvgIpc) is 2.60. The molecule has 0 fully saturated rings. The maximum absolute atomic E-state index is 10.6. The molecular weight excluding hydrogens is 217 g/mol. The maximum atomic E-state index is 10.6. The molecule has 0 saturated carbocycles. The van der Waals surface area contributed by atoms with Gasteiger partial charge in [-0.1, -0.05) is 24.8 Å². The molecule has 70 valence electrons. The summed E-state index contributed by atoms with van der Waals surface area (Å²) in [6.45, 7) is 3.46. The second kappa shape index (κ2) is 5.09. The van der Waals surface area contributed by atoms with E-state index in [1.54, 1.807) is 6.20 Å². The molecule has 15 heavy (non-hydrogen) atoms. The Hall–Kier alpha value is -0.394. The molecule has 3 nitrogen and oxygen atoms in total. The van der Waals surface area contributed by atoms with Crippen molar-refractivity contribution < 1.29 is 61.3 Å². The van der Waals surface area contributed by atoms with E-state index in [-0.39, 0.29) is 57.0 Å².